The van der Waals surface area contributed by atoms with Gasteiger partial charge in [-0.2, -0.15) is 0 Å². The minimum absolute atomic E-state index is 0.0576. The summed E-state index contributed by atoms with van der Waals surface area (Å²) in [6, 6.07) is 5.49. The molecule has 0 spiro atoms. The Morgan fingerprint density at radius 1 is 1.48 bits per heavy atom. The van der Waals surface area contributed by atoms with Gasteiger partial charge < -0.3 is 15.6 Å². The number of rotatable bonds is 4. The summed E-state index contributed by atoms with van der Waals surface area (Å²) in [5, 5.41) is 9.90. The van der Waals surface area contributed by atoms with Crippen LogP contribution in [0.15, 0.2) is 18.2 Å². The van der Waals surface area contributed by atoms with E-state index in [1.807, 2.05) is 18.2 Å². The maximum atomic E-state index is 11.4. The Morgan fingerprint density at radius 2 is 2.24 bits per heavy atom. The van der Waals surface area contributed by atoms with Crippen LogP contribution in [0.25, 0.3) is 10.9 Å². The van der Waals surface area contributed by atoms with Crippen molar-refractivity contribution in [2.45, 2.75) is 26.2 Å². The summed E-state index contributed by atoms with van der Waals surface area (Å²) in [4.78, 5) is 15.7. The molecular weight excluding hydrogens is 268 g/mol. The van der Waals surface area contributed by atoms with Crippen molar-refractivity contribution >= 4 is 22.6 Å². The number of aryl methyl sites for hydroxylation is 1. The molecule has 1 heterocycles. The molecule has 3 rings (SSSR count). The highest BCUT2D eigenvalue weighted by Crippen LogP contribution is 2.34. The van der Waals surface area contributed by atoms with Crippen LogP contribution in [0.2, 0.25) is 0 Å². The fourth-order valence-electron chi connectivity index (χ4n) is 2.70. The molecule has 3 N–H and O–H groups in total. The topological polar surface area (TPSA) is 85.4 Å². The fourth-order valence-corrected chi connectivity index (χ4v) is 2.70. The molecule has 1 fully saturated rings. The third-order valence-electron chi connectivity index (χ3n) is 4.11. The first-order valence-electron chi connectivity index (χ1n) is 7.13. The lowest BCUT2D eigenvalue weighted by Gasteiger charge is -2.25. The highest BCUT2D eigenvalue weighted by molar-refractivity contribution is 6.06. The largest absolute Gasteiger partial charge is 0.493 e. The molecule has 5 nitrogen and oxygen atoms in total. The van der Waals surface area contributed by atoms with Crippen LogP contribution in [0.4, 0.5) is 5.69 Å². The number of hydrogen-bond acceptors (Lipinski definition) is 4. The Hall–Kier alpha value is -2.30. The Labute approximate surface area is 122 Å². The number of aromatic carboxylic acids is 1. The van der Waals surface area contributed by atoms with Crippen LogP contribution < -0.4 is 10.5 Å². The van der Waals surface area contributed by atoms with E-state index in [0.29, 0.717) is 34.9 Å². The molecule has 0 saturated heterocycles. The van der Waals surface area contributed by atoms with Crippen LogP contribution in [0.3, 0.4) is 0 Å². The number of aromatic nitrogens is 1. The quantitative estimate of drug-likeness (QED) is 0.902. The predicted molar refractivity (Wildman–Crippen MR) is 80.7 cm³/mol. The monoisotopic (exact) mass is 286 g/mol. The number of carboxylic acids is 1. The van der Waals surface area contributed by atoms with E-state index in [4.69, 9.17) is 10.5 Å². The summed E-state index contributed by atoms with van der Waals surface area (Å²) in [5.74, 6) is 0.152. The van der Waals surface area contributed by atoms with Gasteiger partial charge >= 0.3 is 5.97 Å². The average molecular weight is 286 g/mol. The van der Waals surface area contributed by atoms with E-state index in [1.165, 1.54) is 19.3 Å². The first-order valence-corrected chi connectivity index (χ1v) is 7.13. The van der Waals surface area contributed by atoms with Crippen molar-refractivity contribution in [1.82, 2.24) is 4.98 Å². The number of nitrogens with two attached hydrogens (primary N) is 1. The number of carbonyl (C=O) groups is 1. The Balaban J connectivity index is 2.07. The molecule has 1 saturated carbocycles. The maximum absolute atomic E-state index is 11.4. The molecule has 0 atom stereocenters. The second-order valence-electron chi connectivity index (χ2n) is 5.55. The molecule has 1 aliphatic rings. The van der Waals surface area contributed by atoms with Gasteiger partial charge in [-0.15, -0.1) is 0 Å². The molecule has 0 unspecified atom stereocenters. The number of anilines is 1. The van der Waals surface area contributed by atoms with Gasteiger partial charge in [0.2, 0.25) is 0 Å². The number of carboxylic acid groups (broad SMARTS) is 1. The van der Waals surface area contributed by atoms with Crippen LogP contribution in [0.1, 0.15) is 35.3 Å². The van der Waals surface area contributed by atoms with Crippen molar-refractivity contribution in [2.24, 2.45) is 5.92 Å². The summed E-state index contributed by atoms with van der Waals surface area (Å²) in [7, 11) is 0. The molecule has 1 aromatic carbocycles. The molecule has 2 aromatic rings. The van der Waals surface area contributed by atoms with Crippen molar-refractivity contribution in [1.29, 1.82) is 0 Å². The standard InChI is InChI=1S/C16H18N2O3/c1-9-13(16(19)20)15(17)14-11(18-9)6-3-7-12(14)21-8-10-4-2-5-10/h3,6-7,10H,2,4-5,8H2,1H3,(H2,17,18)(H,19,20). The lowest BCUT2D eigenvalue weighted by Crippen LogP contribution is -2.19. The van der Waals surface area contributed by atoms with E-state index in [1.54, 1.807) is 6.92 Å². The van der Waals surface area contributed by atoms with Crippen LogP contribution in [-0.4, -0.2) is 22.7 Å². The van der Waals surface area contributed by atoms with Crippen molar-refractivity contribution in [3.8, 4) is 5.75 Å². The normalized spacial score (nSPS) is 14.9. The predicted octanol–water partition coefficient (Wildman–Crippen LogP) is 3.00. The van der Waals surface area contributed by atoms with E-state index in [-0.39, 0.29) is 11.3 Å². The van der Waals surface area contributed by atoms with Gasteiger partial charge in [0, 0.05) is 0 Å². The lowest BCUT2D eigenvalue weighted by molar-refractivity contribution is 0.0697. The van der Waals surface area contributed by atoms with Gasteiger partial charge in [0.1, 0.15) is 11.3 Å². The van der Waals surface area contributed by atoms with Gasteiger partial charge in [0.25, 0.3) is 0 Å². The van der Waals surface area contributed by atoms with Gasteiger partial charge in [-0.25, -0.2) is 4.79 Å². The first kappa shape index (κ1) is 13.7. The molecule has 110 valence electrons. The molecule has 1 aliphatic carbocycles. The molecule has 21 heavy (non-hydrogen) atoms. The summed E-state index contributed by atoms with van der Waals surface area (Å²) >= 11 is 0. The number of nitrogens with zero attached hydrogens (tertiary/aromatic N) is 1. The number of ether oxygens (including phenoxy) is 1. The molecular formula is C16H18N2O3. The van der Waals surface area contributed by atoms with Crippen molar-refractivity contribution in [3.63, 3.8) is 0 Å². The third-order valence-corrected chi connectivity index (χ3v) is 4.11. The van der Waals surface area contributed by atoms with Crippen LogP contribution in [-0.2, 0) is 0 Å². The van der Waals surface area contributed by atoms with Crippen LogP contribution in [0, 0.1) is 12.8 Å². The van der Waals surface area contributed by atoms with E-state index in [0.717, 1.165) is 0 Å². The molecule has 1 aromatic heterocycles. The molecule has 0 bridgehead atoms. The Kier molecular flexibility index (Phi) is 3.41. The number of benzene rings is 1. The number of hydrogen-bond donors (Lipinski definition) is 2. The number of nitrogen functional groups attached to an aromatic ring is 1. The van der Waals surface area contributed by atoms with Gasteiger partial charge in [-0.3, -0.25) is 4.98 Å². The van der Waals surface area contributed by atoms with Crippen molar-refractivity contribution in [3.05, 3.63) is 29.5 Å². The zero-order valence-corrected chi connectivity index (χ0v) is 11.9. The van der Waals surface area contributed by atoms with E-state index < -0.39 is 5.97 Å². The smallest absolute Gasteiger partial charge is 0.339 e. The first-order chi connectivity index (χ1) is 10.1. The minimum atomic E-state index is -1.06. The summed E-state index contributed by atoms with van der Waals surface area (Å²) in [5.41, 5.74) is 7.45. The van der Waals surface area contributed by atoms with E-state index in [9.17, 15) is 9.90 Å². The van der Waals surface area contributed by atoms with Crippen LogP contribution >= 0.6 is 0 Å². The summed E-state index contributed by atoms with van der Waals surface area (Å²) in [6.45, 7) is 2.30. The second kappa shape index (κ2) is 5.24. The van der Waals surface area contributed by atoms with Crippen LogP contribution in [0.5, 0.6) is 5.75 Å². The second-order valence-corrected chi connectivity index (χ2v) is 5.55. The average Bonchev–Trinajstić information content (AvgIpc) is 2.35. The van der Waals surface area contributed by atoms with Gasteiger partial charge in [-0.05, 0) is 37.8 Å². The lowest BCUT2D eigenvalue weighted by atomic mass is 9.86. The fraction of sp³-hybridized carbons (Fsp3) is 0.375. The highest BCUT2D eigenvalue weighted by atomic mass is 16.5. The summed E-state index contributed by atoms with van der Waals surface area (Å²) < 4.78 is 5.87. The highest BCUT2D eigenvalue weighted by Gasteiger charge is 2.21. The van der Waals surface area contributed by atoms with Crippen molar-refractivity contribution in [2.75, 3.05) is 12.3 Å². The van der Waals surface area contributed by atoms with Gasteiger partial charge in [-0.1, -0.05) is 12.5 Å². The number of fused-ring (bicyclic) bond motifs is 1. The SMILES string of the molecule is Cc1nc2cccc(OCC3CCC3)c2c(N)c1C(=O)O. The maximum Gasteiger partial charge on any atom is 0.339 e. The summed E-state index contributed by atoms with van der Waals surface area (Å²) in [6.07, 6.45) is 3.64. The van der Waals surface area contributed by atoms with Crippen molar-refractivity contribution < 1.29 is 14.6 Å². The van der Waals surface area contributed by atoms with E-state index >= 15 is 0 Å². The number of pyridine rings is 1. The van der Waals surface area contributed by atoms with Gasteiger partial charge in [0.05, 0.1) is 28.9 Å². The van der Waals surface area contributed by atoms with E-state index in [2.05, 4.69) is 4.98 Å². The Morgan fingerprint density at radius 3 is 2.86 bits per heavy atom. The minimum Gasteiger partial charge on any atom is -0.493 e. The third kappa shape index (κ3) is 2.39. The molecule has 5 heteroatoms. The molecule has 0 amide bonds. The molecule has 0 radical (unpaired) electrons. The van der Waals surface area contributed by atoms with Gasteiger partial charge in [0.15, 0.2) is 0 Å². The Bertz CT molecular complexity index is 708. The zero-order valence-electron chi connectivity index (χ0n) is 11.9. The molecule has 0 aliphatic heterocycles. The zero-order chi connectivity index (χ0) is 15.0.